The highest BCUT2D eigenvalue weighted by Crippen LogP contribution is 2.32. The maximum atomic E-state index is 12.1. The van der Waals surface area contributed by atoms with Gasteiger partial charge in [-0.2, -0.15) is 0 Å². The number of anilines is 1. The van der Waals surface area contributed by atoms with Crippen molar-refractivity contribution in [2.24, 2.45) is 17.1 Å². The Morgan fingerprint density at radius 3 is 2.29 bits per heavy atom. The van der Waals surface area contributed by atoms with Crippen LogP contribution in [0.25, 0.3) is 0 Å². The van der Waals surface area contributed by atoms with Crippen molar-refractivity contribution in [1.29, 1.82) is 0 Å². The molecular formula is C18H30N2O. The number of nitrogens with one attached hydrogen (secondary N) is 1. The van der Waals surface area contributed by atoms with Gasteiger partial charge in [-0.05, 0) is 54.8 Å². The minimum absolute atomic E-state index is 0.0884. The largest absolute Gasteiger partial charge is 0.330 e. The number of hydrogen-bond donors (Lipinski definition) is 2. The van der Waals surface area contributed by atoms with Crippen molar-refractivity contribution in [2.45, 2.75) is 53.4 Å². The normalized spacial score (nSPS) is 13.0. The smallest absolute Gasteiger partial charge is 0.224 e. The molecule has 0 bridgehead atoms. The van der Waals surface area contributed by atoms with E-state index in [0.717, 1.165) is 24.9 Å². The molecular weight excluding hydrogens is 260 g/mol. The molecule has 1 amide bonds. The van der Waals surface area contributed by atoms with Crippen molar-refractivity contribution in [3.05, 3.63) is 29.8 Å². The van der Waals surface area contributed by atoms with Gasteiger partial charge >= 0.3 is 0 Å². The molecule has 1 rings (SSSR count). The van der Waals surface area contributed by atoms with E-state index in [9.17, 15) is 4.79 Å². The molecule has 0 radical (unpaired) electrons. The van der Waals surface area contributed by atoms with Crippen LogP contribution in [0, 0.1) is 11.3 Å². The summed E-state index contributed by atoms with van der Waals surface area (Å²) in [7, 11) is 0. The lowest BCUT2D eigenvalue weighted by molar-refractivity contribution is -0.116. The summed E-state index contributed by atoms with van der Waals surface area (Å²) in [5.74, 6) is 0.571. The van der Waals surface area contributed by atoms with Gasteiger partial charge in [-0.25, -0.2) is 0 Å². The summed E-state index contributed by atoms with van der Waals surface area (Å²) in [5, 5.41) is 2.97. The van der Waals surface area contributed by atoms with Crippen molar-refractivity contribution >= 4 is 11.6 Å². The third-order valence-electron chi connectivity index (χ3n) is 4.11. The molecule has 3 heteroatoms. The first kappa shape index (κ1) is 17.7. The van der Waals surface area contributed by atoms with Crippen molar-refractivity contribution < 1.29 is 4.79 Å². The molecule has 0 fully saturated rings. The molecule has 0 heterocycles. The van der Waals surface area contributed by atoms with Crippen LogP contribution in [0.4, 0.5) is 5.69 Å². The summed E-state index contributed by atoms with van der Waals surface area (Å²) in [6.45, 7) is 9.46. The number of aryl methyl sites for hydroxylation is 1. The van der Waals surface area contributed by atoms with Crippen LogP contribution in [0.1, 0.15) is 52.5 Å². The molecule has 1 aromatic rings. The molecule has 0 saturated carbocycles. The van der Waals surface area contributed by atoms with Gasteiger partial charge in [-0.1, -0.05) is 39.8 Å². The molecule has 3 N–H and O–H groups in total. The monoisotopic (exact) mass is 290 g/mol. The molecule has 3 nitrogen and oxygen atoms in total. The number of nitrogens with two attached hydrogens (primary N) is 1. The van der Waals surface area contributed by atoms with Crippen molar-refractivity contribution in [1.82, 2.24) is 0 Å². The Morgan fingerprint density at radius 1 is 1.19 bits per heavy atom. The van der Waals surface area contributed by atoms with E-state index in [1.165, 1.54) is 5.56 Å². The number of rotatable bonds is 7. The molecule has 1 unspecified atom stereocenters. The third kappa shape index (κ3) is 6.30. The van der Waals surface area contributed by atoms with Crippen molar-refractivity contribution in [2.75, 3.05) is 11.9 Å². The zero-order valence-corrected chi connectivity index (χ0v) is 13.9. The first-order chi connectivity index (χ1) is 9.86. The fourth-order valence-corrected chi connectivity index (χ4v) is 2.56. The van der Waals surface area contributed by atoms with E-state index in [-0.39, 0.29) is 11.3 Å². The Morgan fingerprint density at radius 2 is 1.81 bits per heavy atom. The van der Waals surface area contributed by atoms with Gasteiger partial charge in [0.1, 0.15) is 0 Å². The van der Waals surface area contributed by atoms with E-state index in [4.69, 9.17) is 5.73 Å². The maximum absolute atomic E-state index is 12.1. The van der Waals surface area contributed by atoms with Crippen molar-refractivity contribution in [3.8, 4) is 0 Å². The Hall–Kier alpha value is -1.35. The average Bonchev–Trinajstić information content (AvgIpc) is 2.43. The lowest BCUT2D eigenvalue weighted by Gasteiger charge is -2.30. The second kappa shape index (κ2) is 8.18. The van der Waals surface area contributed by atoms with Gasteiger partial charge < -0.3 is 11.1 Å². The van der Waals surface area contributed by atoms with Crippen LogP contribution in [0.5, 0.6) is 0 Å². The van der Waals surface area contributed by atoms with E-state index in [1.54, 1.807) is 0 Å². The Bertz CT molecular complexity index is 432. The summed E-state index contributed by atoms with van der Waals surface area (Å²) < 4.78 is 0. The van der Waals surface area contributed by atoms with Gasteiger partial charge in [0.15, 0.2) is 0 Å². The molecule has 0 aliphatic carbocycles. The van der Waals surface area contributed by atoms with E-state index in [0.29, 0.717) is 18.9 Å². The van der Waals surface area contributed by atoms with Crippen LogP contribution in [0.2, 0.25) is 0 Å². The summed E-state index contributed by atoms with van der Waals surface area (Å²) in [5.41, 5.74) is 8.04. The molecule has 118 valence electrons. The van der Waals surface area contributed by atoms with Gasteiger partial charge in [0, 0.05) is 12.1 Å². The molecule has 0 aliphatic rings. The summed E-state index contributed by atoms with van der Waals surface area (Å²) in [6, 6.07) is 8.06. The number of carbonyl (C=O) groups is 1. The summed E-state index contributed by atoms with van der Waals surface area (Å²) in [6.07, 6.45) is 3.43. The molecule has 0 spiro atoms. The summed E-state index contributed by atoms with van der Waals surface area (Å²) in [4.78, 5) is 12.1. The van der Waals surface area contributed by atoms with Gasteiger partial charge in [-0.3, -0.25) is 4.79 Å². The third-order valence-corrected chi connectivity index (χ3v) is 4.11. The highest BCUT2D eigenvalue weighted by molar-refractivity contribution is 5.90. The molecule has 21 heavy (non-hydrogen) atoms. The lowest BCUT2D eigenvalue weighted by Crippen LogP contribution is -2.25. The first-order valence-electron chi connectivity index (χ1n) is 7.95. The minimum atomic E-state index is 0.0884. The van der Waals surface area contributed by atoms with E-state index >= 15 is 0 Å². The van der Waals surface area contributed by atoms with Gasteiger partial charge in [0.2, 0.25) is 5.91 Å². The topological polar surface area (TPSA) is 55.1 Å². The van der Waals surface area contributed by atoms with Crippen LogP contribution >= 0.6 is 0 Å². The zero-order chi connectivity index (χ0) is 15.9. The number of hydrogen-bond acceptors (Lipinski definition) is 2. The zero-order valence-electron chi connectivity index (χ0n) is 13.9. The molecule has 1 atom stereocenters. The first-order valence-corrected chi connectivity index (χ1v) is 7.95. The number of carbonyl (C=O) groups excluding carboxylic acids is 1. The number of benzene rings is 1. The quantitative estimate of drug-likeness (QED) is 0.798. The number of amides is 1. The Labute approximate surface area is 129 Å². The fourth-order valence-electron chi connectivity index (χ4n) is 2.56. The van der Waals surface area contributed by atoms with Crippen LogP contribution in [-0.2, 0) is 11.2 Å². The average molecular weight is 290 g/mol. The minimum Gasteiger partial charge on any atom is -0.330 e. The van der Waals surface area contributed by atoms with Gasteiger partial charge in [0.05, 0.1) is 0 Å². The van der Waals surface area contributed by atoms with Crippen LogP contribution in [0.15, 0.2) is 24.3 Å². The fraction of sp³-hybridized carbons (Fsp3) is 0.611. The predicted molar refractivity (Wildman–Crippen MR) is 90.3 cm³/mol. The maximum Gasteiger partial charge on any atom is 0.224 e. The van der Waals surface area contributed by atoms with Crippen LogP contribution in [0.3, 0.4) is 0 Å². The Balaban J connectivity index is 2.48. The molecule has 0 saturated heterocycles. The van der Waals surface area contributed by atoms with E-state index in [2.05, 4.69) is 45.1 Å². The van der Waals surface area contributed by atoms with Gasteiger partial charge in [0.25, 0.3) is 0 Å². The van der Waals surface area contributed by atoms with Gasteiger partial charge in [-0.15, -0.1) is 0 Å². The van der Waals surface area contributed by atoms with E-state index < -0.39 is 0 Å². The molecule has 0 aromatic heterocycles. The lowest BCUT2D eigenvalue weighted by atomic mass is 9.76. The van der Waals surface area contributed by atoms with Crippen LogP contribution in [-0.4, -0.2) is 12.5 Å². The molecule has 0 aliphatic heterocycles. The summed E-state index contributed by atoms with van der Waals surface area (Å²) >= 11 is 0. The molecule has 1 aromatic carbocycles. The van der Waals surface area contributed by atoms with Crippen LogP contribution < -0.4 is 11.1 Å². The second-order valence-electron chi connectivity index (χ2n) is 6.78. The highest BCUT2D eigenvalue weighted by Gasteiger charge is 2.24. The van der Waals surface area contributed by atoms with E-state index in [1.807, 2.05) is 12.1 Å². The SMILES string of the molecule is CCc1ccc(NC(=O)CCC(CCN)C(C)(C)C)cc1. The second-order valence-corrected chi connectivity index (χ2v) is 6.78. The standard InChI is InChI=1S/C18H30N2O/c1-5-14-6-9-16(10-7-14)20-17(21)11-8-15(12-13-19)18(2,3)4/h6-7,9-10,15H,5,8,11-13,19H2,1-4H3,(H,20,21). The predicted octanol–water partition coefficient (Wildman–Crippen LogP) is 3.98. The Kier molecular flexibility index (Phi) is 6.90. The van der Waals surface area contributed by atoms with Crippen molar-refractivity contribution in [3.63, 3.8) is 0 Å². The highest BCUT2D eigenvalue weighted by atomic mass is 16.1.